The van der Waals surface area contributed by atoms with E-state index in [2.05, 4.69) is 58.0 Å². The summed E-state index contributed by atoms with van der Waals surface area (Å²) in [6.45, 7) is 11.9. The molecule has 3 heteroatoms. The number of allylic oxidation sites excluding steroid dienone is 1. The molecule has 0 saturated heterocycles. The van der Waals surface area contributed by atoms with E-state index in [4.69, 9.17) is 4.74 Å². The third-order valence-corrected chi connectivity index (χ3v) is 5.60. The van der Waals surface area contributed by atoms with Gasteiger partial charge in [-0.15, -0.1) is 0 Å². The number of aliphatic hydroxyl groups excluding tert-OH is 1. The Balaban J connectivity index is 2.37. The number of ether oxygens (including phenoxy) is 1. The van der Waals surface area contributed by atoms with Gasteiger partial charge in [-0.2, -0.15) is 0 Å². The van der Waals surface area contributed by atoms with Crippen LogP contribution >= 0.6 is 0 Å². The van der Waals surface area contributed by atoms with Crippen LogP contribution in [0.4, 0.5) is 0 Å². The normalized spacial score (nSPS) is 19.2. The van der Waals surface area contributed by atoms with Gasteiger partial charge in [0.15, 0.2) is 5.76 Å². The third kappa shape index (κ3) is 2.72. The van der Waals surface area contributed by atoms with Crippen molar-refractivity contribution in [1.82, 2.24) is 0 Å². The molecule has 0 saturated carbocycles. The zero-order chi connectivity index (χ0) is 18.5. The molecule has 3 rings (SSSR count). The molecule has 0 aliphatic heterocycles. The van der Waals surface area contributed by atoms with Crippen molar-refractivity contribution in [2.75, 3.05) is 0 Å². The number of hydrogen-bond donors (Lipinski definition) is 1. The van der Waals surface area contributed by atoms with Crippen molar-refractivity contribution in [2.45, 2.75) is 52.9 Å². The van der Waals surface area contributed by atoms with Crippen LogP contribution in [0.2, 0.25) is 0 Å². The Labute approximate surface area is 149 Å². The van der Waals surface area contributed by atoms with E-state index >= 15 is 0 Å². The molecule has 2 aromatic rings. The zero-order valence-corrected chi connectivity index (χ0v) is 15.8. The monoisotopic (exact) mass is 338 g/mol. The van der Waals surface area contributed by atoms with Gasteiger partial charge in [0.2, 0.25) is 0 Å². The van der Waals surface area contributed by atoms with Crippen LogP contribution in [0, 0.1) is 5.92 Å². The fourth-order valence-corrected chi connectivity index (χ4v) is 3.64. The second kappa shape index (κ2) is 5.91. The molecule has 1 aliphatic rings. The van der Waals surface area contributed by atoms with Crippen molar-refractivity contribution < 1.29 is 14.6 Å². The third-order valence-electron chi connectivity index (χ3n) is 5.60. The Hall–Kier alpha value is -2.29. The Bertz CT molecular complexity index is 888. The van der Waals surface area contributed by atoms with Gasteiger partial charge in [-0.25, -0.2) is 0 Å². The van der Waals surface area contributed by atoms with Crippen LogP contribution in [0.25, 0.3) is 16.5 Å². The highest BCUT2D eigenvalue weighted by molar-refractivity contribution is 5.97. The molecule has 2 aromatic carbocycles. The summed E-state index contributed by atoms with van der Waals surface area (Å²) in [5, 5.41) is 12.9. The molecule has 3 nitrogen and oxygen atoms in total. The fraction of sp³-hybridized carbons (Fsp3) is 0.409. The van der Waals surface area contributed by atoms with Gasteiger partial charge in [-0.05, 0) is 27.8 Å². The van der Waals surface area contributed by atoms with Crippen molar-refractivity contribution in [1.29, 1.82) is 0 Å². The smallest absolute Gasteiger partial charge is 0.308 e. The molecule has 25 heavy (non-hydrogen) atoms. The summed E-state index contributed by atoms with van der Waals surface area (Å²) in [7, 11) is 0. The van der Waals surface area contributed by atoms with Crippen molar-refractivity contribution in [3.8, 4) is 0 Å². The summed E-state index contributed by atoms with van der Waals surface area (Å²) in [6, 6.07) is 10.6. The van der Waals surface area contributed by atoms with Crippen LogP contribution in [0.15, 0.2) is 36.1 Å². The minimum atomic E-state index is -0.421. The molecule has 1 atom stereocenters. The summed E-state index contributed by atoms with van der Waals surface area (Å²) in [5.74, 6) is 0.330. The number of carbonyl (C=O) groups excluding carboxylic acids is 1. The van der Waals surface area contributed by atoms with Crippen LogP contribution in [0.1, 0.15) is 64.2 Å². The second-order valence-corrected chi connectivity index (χ2v) is 7.87. The number of rotatable bonds is 2. The van der Waals surface area contributed by atoms with Gasteiger partial charge >= 0.3 is 5.97 Å². The maximum atomic E-state index is 11.6. The number of aliphatic hydroxyl groups is 1. The highest BCUT2D eigenvalue weighted by Gasteiger charge is 2.41. The van der Waals surface area contributed by atoms with Crippen LogP contribution in [0.5, 0.6) is 0 Å². The first-order chi connectivity index (χ1) is 11.6. The summed E-state index contributed by atoms with van der Waals surface area (Å²) < 4.78 is 5.47. The Morgan fingerprint density at radius 3 is 2.48 bits per heavy atom. The summed E-state index contributed by atoms with van der Waals surface area (Å²) in [4.78, 5) is 11.6. The van der Waals surface area contributed by atoms with Gasteiger partial charge in [-0.1, -0.05) is 65.0 Å². The summed E-state index contributed by atoms with van der Waals surface area (Å²) in [5.41, 5.74) is 2.94. The van der Waals surface area contributed by atoms with Gasteiger partial charge in [0, 0.05) is 23.8 Å². The average molecular weight is 338 g/mol. The van der Waals surface area contributed by atoms with E-state index < -0.39 is 5.97 Å². The number of benzene rings is 2. The molecule has 0 fully saturated rings. The molecule has 0 amide bonds. The molecule has 0 radical (unpaired) electrons. The Kier molecular flexibility index (Phi) is 4.14. The molecule has 1 N–H and O–H groups in total. The topological polar surface area (TPSA) is 46.5 Å². The average Bonchev–Trinajstić information content (AvgIpc) is 2.55. The number of hydrogen-bond acceptors (Lipinski definition) is 3. The van der Waals surface area contributed by atoms with E-state index in [-0.39, 0.29) is 17.1 Å². The van der Waals surface area contributed by atoms with Gasteiger partial charge in [-0.3, -0.25) is 4.79 Å². The minimum Gasteiger partial charge on any atom is -0.508 e. The van der Waals surface area contributed by atoms with Crippen molar-refractivity contribution >= 4 is 22.5 Å². The lowest BCUT2D eigenvalue weighted by Crippen LogP contribution is -2.34. The first-order valence-electron chi connectivity index (χ1n) is 8.83. The van der Waals surface area contributed by atoms with Crippen molar-refractivity contribution in [2.24, 2.45) is 5.92 Å². The maximum Gasteiger partial charge on any atom is 0.308 e. The summed E-state index contributed by atoms with van der Waals surface area (Å²) >= 11 is 0. The van der Waals surface area contributed by atoms with E-state index in [0.717, 1.165) is 21.9 Å². The van der Waals surface area contributed by atoms with Gasteiger partial charge in [0.05, 0.1) is 0 Å². The zero-order valence-electron chi connectivity index (χ0n) is 15.8. The molecule has 132 valence electrons. The minimum absolute atomic E-state index is 0.137. The quantitative estimate of drug-likeness (QED) is 0.717. The van der Waals surface area contributed by atoms with E-state index in [1.807, 2.05) is 6.92 Å². The second-order valence-electron chi connectivity index (χ2n) is 7.87. The predicted molar refractivity (Wildman–Crippen MR) is 102 cm³/mol. The predicted octanol–water partition coefficient (Wildman–Crippen LogP) is 5.68. The van der Waals surface area contributed by atoms with Gasteiger partial charge in [0.1, 0.15) is 5.76 Å². The van der Waals surface area contributed by atoms with Crippen LogP contribution < -0.4 is 0 Å². The lowest BCUT2D eigenvalue weighted by molar-refractivity contribution is -0.134. The molecular formula is C22H26O3. The molecule has 1 aliphatic carbocycles. The molecule has 1 unspecified atom stereocenters. The first-order valence-corrected chi connectivity index (χ1v) is 8.83. The lowest BCUT2D eigenvalue weighted by Gasteiger charge is -2.39. The fourth-order valence-electron chi connectivity index (χ4n) is 3.64. The van der Waals surface area contributed by atoms with Gasteiger partial charge in [0.25, 0.3) is 0 Å². The van der Waals surface area contributed by atoms with Crippen LogP contribution in [-0.2, 0) is 14.9 Å². The lowest BCUT2D eigenvalue weighted by atomic mass is 9.67. The highest BCUT2D eigenvalue weighted by Crippen LogP contribution is 2.48. The van der Waals surface area contributed by atoms with E-state index in [1.165, 1.54) is 12.5 Å². The largest absolute Gasteiger partial charge is 0.508 e. The molecule has 0 aromatic heterocycles. The van der Waals surface area contributed by atoms with E-state index in [9.17, 15) is 9.90 Å². The number of esters is 1. The standard InChI is InChI=1S/C22H26O3/c1-12(2)15-7-9-17-16(11-15)8-10-18-19(17)21(25-14(4)23)20(24)13(3)22(18,5)6/h7-13,24H,1-6H3. The van der Waals surface area contributed by atoms with Crippen LogP contribution in [-0.4, -0.2) is 11.1 Å². The van der Waals surface area contributed by atoms with Crippen molar-refractivity contribution in [3.63, 3.8) is 0 Å². The SMILES string of the molecule is CC(=O)OC1=C(O)C(C)C(C)(C)c2ccc3cc(C(C)C)ccc3c21. The maximum absolute atomic E-state index is 11.6. The van der Waals surface area contributed by atoms with E-state index in [1.54, 1.807) is 0 Å². The summed E-state index contributed by atoms with van der Waals surface area (Å²) in [6.07, 6.45) is 0. The van der Waals surface area contributed by atoms with Gasteiger partial charge < -0.3 is 9.84 Å². The molecule has 0 heterocycles. The molecular weight excluding hydrogens is 312 g/mol. The number of carbonyl (C=O) groups is 1. The Morgan fingerprint density at radius 2 is 1.88 bits per heavy atom. The molecule has 0 bridgehead atoms. The highest BCUT2D eigenvalue weighted by atomic mass is 16.5. The van der Waals surface area contributed by atoms with E-state index in [0.29, 0.717) is 11.7 Å². The first kappa shape index (κ1) is 17.5. The van der Waals surface area contributed by atoms with Crippen LogP contribution in [0.3, 0.4) is 0 Å². The molecule has 0 spiro atoms. The number of fused-ring (bicyclic) bond motifs is 3. The Morgan fingerprint density at radius 1 is 1.20 bits per heavy atom. The van der Waals surface area contributed by atoms with Crippen molar-refractivity contribution in [3.05, 3.63) is 52.8 Å².